The summed E-state index contributed by atoms with van der Waals surface area (Å²) in [6, 6.07) is 15.7. The minimum absolute atomic E-state index is 0.134. The van der Waals surface area contributed by atoms with E-state index in [1.807, 2.05) is 18.2 Å². The second-order valence-electron chi connectivity index (χ2n) is 4.83. The highest BCUT2D eigenvalue weighted by atomic mass is 35.5. The number of hydrogen-bond acceptors (Lipinski definition) is 5. The van der Waals surface area contributed by atoms with Crippen LogP contribution < -0.4 is 16.2 Å². The molecule has 2 aromatic rings. The molecule has 0 heterocycles. The molecule has 0 amide bonds. The van der Waals surface area contributed by atoms with Crippen LogP contribution >= 0.6 is 11.6 Å². The molecule has 0 aliphatic rings. The molecule has 0 radical (unpaired) electrons. The molecule has 7 heteroatoms. The van der Waals surface area contributed by atoms with Crippen molar-refractivity contribution in [2.75, 3.05) is 6.61 Å². The zero-order valence-electron chi connectivity index (χ0n) is 13.6. The van der Waals surface area contributed by atoms with Crippen molar-refractivity contribution in [2.24, 2.45) is 16.5 Å². The highest BCUT2D eigenvalue weighted by molar-refractivity contribution is 6.32. The van der Waals surface area contributed by atoms with Gasteiger partial charge in [-0.25, -0.2) is 4.79 Å². The number of ether oxygens (including phenoxy) is 2. The maximum Gasteiger partial charge on any atom is 0.359 e. The van der Waals surface area contributed by atoms with E-state index in [0.717, 1.165) is 0 Å². The summed E-state index contributed by atoms with van der Waals surface area (Å²) in [6.45, 7) is 1.83. The molecule has 0 saturated carbocycles. The van der Waals surface area contributed by atoms with Crippen molar-refractivity contribution in [3.63, 3.8) is 0 Å². The Bertz CT molecular complexity index is 804. The number of para-hydroxylation sites is 1. The summed E-state index contributed by atoms with van der Waals surface area (Å²) in [6.07, 6.45) is 0. The SMILES string of the molecule is CCOC(=O)/C(N)=C(/N=C(\N)c1ccccc1)Oc1ccccc1Cl. The lowest BCUT2D eigenvalue weighted by Crippen LogP contribution is -2.21. The van der Waals surface area contributed by atoms with Crippen molar-refractivity contribution < 1.29 is 14.3 Å². The molecule has 0 atom stereocenters. The summed E-state index contributed by atoms with van der Waals surface area (Å²) >= 11 is 6.08. The summed E-state index contributed by atoms with van der Waals surface area (Å²) in [5.41, 5.74) is 12.2. The number of hydrogen-bond donors (Lipinski definition) is 2. The van der Waals surface area contributed by atoms with Gasteiger partial charge in [0.1, 0.15) is 11.6 Å². The third-order valence-electron chi connectivity index (χ3n) is 3.06. The molecule has 0 spiro atoms. The minimum atomic E-state index is -0.755. The molecule has 6 nitrogen and oxygen atoms in total. The normalized spacial score (nSPS) is 12.3. The van der Waals surface area contributed by atoms with E-state index in [0.29, 0.717) is 10.6 Å². The van der Waals surface area contributed by atoms with E-state index >= 15 is 0 Å². The number of halogens is 1. The number of carbonyl (C=O) groups excluding carboxylic acids is 1. The predicted octanol–water partition coefficient (Wildman–Crippen LogP) is 2.82. The minimum Gasteiger partial charge on any atom is -0.461 e. The van der Waals surface area contributed by atoms with Gasteiger partial charge in [-0.05, 0) is 19.1 Å². The van der Waals surface area contributed by atoms with Crippen LogP contribution in [0.2, 0.25) is 5.02 Å². The molecule has 130 valence electrons. The zero-order chi connectivity index (χ0) is 18.2. The molecular weight excluding hydrogens is 342 g/mol. The van der Waals surface area contributed by atoms with E-state index < -0.39 is 5.97 Å². The zero-order valence-corrected chi connectivity index (χ0v) is 14.4. The molecule has 2 rings (SSSR count). The number of rotatable bonds is 6. The maximum absolute atomic E-state index is 11.9. The Morgan fingerprint density at radius 2 is 1.72 bits per heavy atom. The van der Waals surface area contributed by atoms with E-state index in [-0.39, 0.29) is 29.8 Å². The van der Waals surface area contributed by atoms with Gasteiger partial charge in [0.05, 0.1) is 11.6 Å². The average molecular weight is 360 g/mol. The first kappa shape index (κ1) is 18.4. The van der Waals surface area contributed by atoms with Gasteiger partial charge < -0.3 is 20.9 Å². The summed E-state index contributed by atoms with van der Waals surface area (Å²) in [7, 11) is 0. The van der Waals surface area contributed by atoms with Gasteiger partial charge in [-0.2, -0.15) is 4.99 Å². The number of esters is 1. The number of aliphatic imine (C=N–C) groups is 1. The van der Waals surface area contributed by atoms with Gasteiger partial charge in [0.15, 0.2) is 5.70 Å². The predicted molar refractivity (Wildman–Crippen MR) is 97.1 cm³/mol. The quantitative estimate of drug-likeness (QED) is 0.271. The average Bonchev–Trinajstić information content (AvgIpc) is 2.63. The van der Waals surface area contributed by atoms with Gasteiger partial charge in [0.2, 0.25) is 0 Å². The summed E-state index contributed by atoms with van der Waals surface area (Å²) < 4.78 is 10.5. The highest BCUT2D eigenvalue weighted by Gasteiger charge is 2.17. The van der Waals surface area contributed by atoms with Crippen molar-refractivity contribution in [1.29, 1.82) is 0 Å². The first-order valence-corrected chi connectivity index (χ1v) is 7.89. The molecule has 0 fully saturated rings. The van der Waals surface area contributed by atoms with Gasteiger partial charge in [0.25, 0.3) is 5.88 Å². The Kier molecular flexibility index (Phi) is 6.42. The molecule has 4 N–H and O–H groups in total. The van der Waals surface area contributed by atoms with Crippen molar-refractivity contribution in [2.45, 2.75) is 6.92 Å². The maximum atomic E-state index is 11.9. The first-order valence-electron chi connectivity index (χ1n) is 7.51. The molecular formula is C18H18ClN3O3. The van der Waals surface area contributed by atoms with Gasteiger partial charge in [-0.15, -0.1) is 0 Å². The monoisotopic (exact) mass is 359 g/mol. The molecule has 0 unspecified atom stereocenters. The van der Waals surface area contributed by atoms with E-state index in [9.17, 15) is 4.79 Å². The lowest BCUT2D eigenvalue weighted by atomic mass is 10.2. The molecule has 0 aromatic heterocycles. The Morgan fingerprint density at radius 1 is 1.08 bits per heavy atom. The Labute approximate surface area is 150 Å². The van der Waals surface area contributed by atoms with Crippen LogP contribution in [-0.2, 0) is 9.53 Å². The van der Waals surface area contributed by atoms with Crippen molar-refractivity contribution in [1.82, 2.24) is 0 Å². The second-order valence-corrected chi connectivity index (χ2v) is 5.24. The number of benzene rings is 2. The number of carbonyl (C=O) groups is 1. The van der Waals surface area contributed by atoms with Crippen LogP contribution in [-0.4, -0.2) is 18.4 Å². The molecule has 0 bridgehead atoms. The number of nitrogens with two attached hydrogens (primary N) is 2. The summed E-state index contributed by atoms with van der Waals surface area (Å²) in [4.78, 5) is 16.1. The molecule has 25 heavy (non-hydrogen) atoms. The van der Waals surface area contributed by atoms with Crippen LogP contribution in [0.5, 0.6) is 5.75 Å². The Balaban J connectivity index is 2.44. The van der Waals surface area contributed by atoms with Crippen molar-refractivity contribution in [3.05, 3.63) is 76.8 Å². The number of amidine groups is 1. The van der Waals surface area contributed by atoms with E-state index in [1.165, 1.54) is 0 Å². The Morgan fingerprint density at radius 3 is 2.36 bits per heavy atom. The molecule has 0 saturated heterocycles. The third kappa shape index (κ3) is 4.99. The standard InChI is InChI=1S/C18H18ClN3O3/c1-2-24-18(23)15(20)17(25-14-11-7-6-10-13(14)19)22-16(21)12-8-4-3-5-9-12/h3-11H,2,20H2,1H3,(H2,21,22)/b17-15+. The molecule has 0 aliphatic carbocycles. The van der Waals surface area contributed by atoms with Crippen molar-refractivity contribution >= 4 is 23.4 Å². The molecule has 0 aliphatic heterocycles. The summed E-state index contributed by atoms with van der Waals surface area (Å²) in [5.74, 6) is -0.520. The fourth-order valence-corrected chi connectivity index (χ4v) is 2.02. The topological polar surface area (TPSA) is 99.9 Å². The van der Waals surface area contributed by atoms with Crippen LogP contribution in [0, 0.1) is 0 Å². The third-order valence-corrected chi connectivity index (χ3v) is 3.37. The van der Waals surface area contributed by atoms with Crippen LogP contribution in [0.1, 0.15) is 12.5 Å². The highest BCUT2D eigenvalue weighted by Crippen LogP contribution is 2.26. The van der Waals surface area contributed by atoms with Crippen LogP contribution in [0.3, 0.4) is 0 Å². The van der Waals surface area contributed by atoms with E-state index in [4.69, 9.17) is 32.5 Å². The smallest absolute Gasteiger partial charge is 0.359 e. The van der Waals surface area contributed by atoms with Gasteiger partial charge in [0, 0.05) is 5.56 Å². The van der Waals surface area contributed by atoms with E-state index in [1.54, 1.807) is 43.3 Å². The lowest BCUT2D eigenvalue weighted by Gasteiger charge is -2.11. The largest absolute Gasteiger partial charge is 0.461 e. The molecule has 2 aromatic carbocycles. The Hall–Kier alpha value is -2.99. The number of nitrogens with zero attached hydrogens (tertiary/aromatic N) is 1. The fourth-order valence-electron chi connectivity index (χ4n) is 1.85. The van der Waals surface area contributed by atoms with Gasteiger partial charge in [-0.1, -0.05) is 54.1 Å². The fraction of sp³-hybridized carbons (Fsp3) is 0.111. The lowest BCUT2D eigenvalue weighted by molar-refractivity contribution is -0.138. The van der Waals surface area contributed by atoms with Gasteiger partial charge >= 0.3 is 5.97 Å². The van der Waals surface area contributed by atoms with Gasteiger partial charge in [-0.3, -0.25) is 0 Å². The first-order chi connectivity index (χ1) is 12.0. The van der Waals surface area contributed by atoms with Crippen LogP contribution in [0.15, 0.2) is 71.2 Å². The van der Waals surface area contributed by atoms with E-state index in [2.05, 4.69) is 4.99 Å². The van der Waals surface area contributed by atoms with Crippen LogP contribution in [0.4, 0.5) is 0 Å². The van der Waals surface area contributed by atoms with Crippen molar-refractivity contribution in [3.8, 4) is 5.75 Å². The summed E-state index contributed by atoms with van der Waals surface area (Å²) in [5, 5.41) is 0.338. The van der Waals surface area contributed by atoms with Crippen LogP contribution in [0.25, 0.3) is 0 Å². The second kappa shape index (κ2) is 8.75.